The second kappa shape index (κ2) is 9.32. The molecule has 35 heavy (non-hydrogen) atoms. The molecular formula is C25H24N8O2. The van der Waals surface area contributed by atoms with Crippen molar-refractivity contribution in [1.82, 2.24) is 25.6 Å². The third-order valence-electron chi connectivity index (χ3n) is 5.82. The van der Waals surface area contributed by atoms with Crippen LogP contribution < -0.4 is 26.6 Å². The van der Waals surface area contributed by atoms with E-state index in [0.29, 0.717) is 22.5 Å². The molecule has 1 amide bonds. The van der Waals surface area contributed by atoms with E-state index in [4.69, 9.17) is 21.9 Å². The number of dihydropyridines is 1. The lowest BCUT2D eigenvalue weighted by Gasteiger charge is -2.33. The maximum atomic E-state index is 12.2. The molecule has 0 aliphatic carbocycles. The minimum absolute atomic E-state index is 0.278. The van der Waals surface area contributed by atoms with Crippen molar-refractivity contribution in [3.8, 4) is 12.3 Å². The number of anilines is 4. The largest absolute Gasteiger partial charge is 0.383 e. The molecule has 0 spiro atoms. The first-order valence-corrected chi connectivity index (χ1v) is 11.1. The predicted molar refractivity (Wildman–Crippen MR) is 135 cm³/mol. The summed E-state index contributed by atoms with van der Waals surface area (Å²) in [5.41, 5.74) is 7.92. The van der Waals surface area contributed by atoms with E-state index in [1.165, 1.54) is 0 Å². The van der Waals surface area contributed by atoms with Crippen LogP contribution in [0.15, 0.2) is 61.0 Å². The molecule has 1 atom stereocenters. The molecule has 2 aliphatic heterocycles. The summed E-state index contributed by atoms with van der Waals surface area (Å²) in [6.07, 6.45) is 13.9. The fourth-order valence-corrected chi connectivity index (χ4v) is 4.11. The highest BCUT2D eigenvalue weighted by molar-refractivity contribution is 5.95. The van der Waals surface area contributed by atoms with Gasteiger partial charge in [0.05, 0.1) is 13.2 Å². The van der Waals surface area contributed by atoms with Gasteiger partial charge in [-0.05, 0) is 54.6 Å². The standard InChI is InChI=1S/C25H24N8O2/c1-2-20(34)32-25(10-3-4-11-28-25)22-21-19(9-12-27-22)23(26)31-24(30-21)29-17-5-7-18(8-6-17)33-13-15-35-16-14-33/h1,3-12,28H,13-16H2,(H,32,34)(H3,26,29,30,31). The van der Waals surface area contributed by atoms with Gasteiger partial charge in [0.2, 0.25) is 5.95 Å². The predicted octanol–water partition coefficient (Wildman–Crippen LogP) is 1.76. The van der Waals surface area contributed by atoms with Crippen LogP contribution in [0.2, 0.25) is 0 Å². The van der Waals surface area contributed by atoms with Crippen LogP contribution in [0.3, 0.4) is 0 Å². The molecule has 10 heteroatoms. The first-order valence-electron chi connectivity index (χ1n) is 11.1. The van der Waals surface area contributed by atoms with Crippen molar-refractivity contribution in [2.75, 3.05) is 42.3 Å². The molecular weight excluding hydrogens is 444 g/mol. The fraction of sp³-hybridized carbons (Fsp3) is 0.200. The Morgan fingerprint density at radius 3 is 2.69 bits per heavy atom. The number of carbonyl (C=O) groups excluding carboxylic acids is 1. The van der Waals surface area contributed by atoms with Crippen molar-refractivity contribution in [1.29, 1.82) is 0 Å². The zero-order valence-electron chi connectivity index (χ0n) is 18.9. The number of nitrogens with zero attached hydrogens (tertiary/aromatic N) is 4. The number of nitrogens with two attached hydrogens (primary N) is 1. The number of nitrogens with one attached hydrogen (secondary N) is 3. The Kier molecular flexibility index (Phi) is 5.91. The van der Waals surface area contributed by atoms with Crippen LogP contribution >= 0.6 is 0 Å². The number of nitrogen functional groups attached to an aromatic ring is 1. The van der Waals surface area contributed by atoms with Gasteiger partial charge in [-0.25, -0.2) is 4.98 Å². The Morgan fingerprint density at radius 1 is 1.17 bits per heavy atom. The van der Waals surface area contributed by atoms with Gasteiger partial charge < -0.3 is 31.3 Å². The molecule has 2 aliphatic rings. The smallest absolute Gasteiger partial charge is 0.297 e. The van der Waals surface area contributed by atoms with Crippen LogP contribution in [0.4, 0.5) is 23.1 Å². The van der Waals surface area contributed by atoms with Crippen molar-refractivity contribution in [2.24, 2.45) is 0 Å². The first kappa shape index (κ1) is 22.2. The van der Waals surface area contributed by atoms with E-state index in [0.717, 1.165) is 37.7 Å². The highest BCUT2D eigenvalue weighted by Crippen LogP contribution is 2.30. The van der Waals surface area contributed by atoms with E-state index in [1.807, 2.05) is 24.3 Å². The highest BCUT2D eigenvalue weighted by Gasteiger charge is 2.35. The number of allylic oxidation sites excluding steroid dienone is 2. The van der Waals surface area contributed by atoms with E-state index in [-0.39, 0.29) is 5.82 Å². The third-order valence-corrected chi connectivity index (χ3v) is 5.82. The lowest BCUT2D eigenvalue weighted by Crippen LogP contribution is -2.54. The molecule has 5 N–H and O–H groups in total. The summed E-state index contributed by atoms with van der Waals surface area (Å²) in [6.45, 7) is 3.18. The molecule has 176 valence electrons. The van der Waals surface area contributed by atoms with Crippen molar-refractivity contribution in [2.45, 2.75) is 5.66 Å². The van der Waals surface area contributed by atoms with Gasteiger partial charge in [-0.1, -0.05) is 6.08 Å². The summed E-state index contributed by atoms with van der Waals surface area (Å²) in [7, 11) is 0. The quantitative estimate of drug-likeness (QED) is 0.414. The summed E-state index contributed by atoms with van der Waals surface area (Å²) in [5, 5.41) is 9.75. The Balaban J connectivity index is 1.50. The first-order chi connectivity index (χ1) is 17.1. The molecule has 1 saturated heterocycles. The molecule has 0 bridgehead atoms. The van der Waals surface area contributed by atoms with Crippen molar-refractivity contribution >= 4 is 40.0 Å². The number of morpholine rings is 1. The Hall–Kier alpha value is -4.62. The lowest BCUT2D eigenvalue weighted by molar-refractivity contribution is -0.117. The summed E-state index contributed by atoms with van der Waals surface area (Å²) in [5.74, 6) is 2.06. The van der Waals surface area contributed by atoms with Crippen molar-refractivity contribution in [3.63, 3.8) is 0 Å². The number of hydrogen-bond donors (Lipinski definition) is 4. The molecule has 2 aromatic heterocycles. The number of ether oxygens (including phenoxy) is 1. The third kappa shape index (κ3) is 4.45. The number of aromatic nitrogens is 3. The minimum atomic E-state index is -1.20. The molecule has 1 unspecified atom stereocenters. The Labute approximate surface area is 202 Å². The second-order valence-corrected chi connectivity index (χ2v) is 8.03. The lowest BCUT2D eigenvalue weighted by atomic mass is 10.00. The van der Waals surface area contributed by atoms with Crippen LogP contribution in [0.25, 0.3) is 10.9 Å². The van der Waals surface area contributed by atoms with Gasteiger partial charge in [0, 0.05) is 36.0 Å². The summed E-state index contributed by atoms with van der Waals surface area (Å²) >= 11 is 0. The molecule has 1 fully saturated rings. The SMILES string of the molecule is C#CC(=O)NC1(c2nccc3c(N)nc(Nc4ccc(N5CCOCC5)cc4)nc23)C=CC=CN1. The second-order valence-electron chi connectivity index (χ2n) is 8.03. The Morgan fingerprint density at radius 2 is 1.97 bits per heavy atom. The van der Waals surface area contributed by atoms with Crippen LogP contribution in [0, 0.1) is 12.3 Å². The normalized spacial score (nSPS) is 19.1. The maximum Gasteiger partial charge on any atom is 0.297 e. The number of fused-ring (bicyclic) bond motifs is 1. The van der Waals surface area contributed by atoms with Gasteiger partial charge in [0.25, 0.3) is 5.91 Å². The van der Waals surface area contributed by atoms with Gasteiger partial charge in [-0.15, -0.1) is 6.42 Å². The van der Waals surface area contributed by atoms with E-state index in [1.54, 1.807) is 36.7 Å². The average molecular weight is 469 g/mol. The summed E-state index contributed by atoms with van der Waals surface area (Å²) in [4.78, 5) is 28.1. The number of amides is 1. The molecule has 10 nitrogen and oxygen atoms in total. The molecule has 5 rings (SSSR count). The van der Waals surface area contributed by atoms with Crippen molar-refractivity contribution < 1.29 is 9.53 Å². The van der Waals surface area contributed by atoms with E-state index in [9.17, 15) is 4.79 Å². The number of hydrogen-bond acceptors (Lipinski definition) is 9. The minimum Gasteiger partial charge on any atom is -0.383 e. The highest BCUT2D eigenvalue weighted by atomic mass is 16.5. The zero-order valence-corrected chi connectivity index (χ0v) is 18.9. The van der Waals surface area contributed by atoms with Gasteiger partial charge in [0.1, 0.15) is 17.0 Å². The number of benzene rings is 1. The average Bonchev–Trinajstić information content (AvgIpc) is 2.90. The van der Waals surface area contributed by atoms with Crippen LogP contribution in [-0.2, 0) is 15.2 Å². The van der Waals surface area contributed by atoms with E-state index >= 15 is 0 Å². The fourth-order valence-electron chi connectivity index (χ4n) is 4.11. The number of carbonyl (C=O) groups is 1. The molecule has 0 saturated carbocycles. The number of terminal acetylenes is 1. The summed E-state index contributed by atoms with van der Waals surface area (Å²) in [6, 6.07) is 9.73. The molecule has 0 radical (unpaired) electrons. The monoisotopic (exact) mass is 468 g/mol. The molecule has 4 heterocycles. The molecule has 3 aromatic rings. The van der Waals surface area contributed by atoms with E-state index < -0.39 is 11.6 Å². The van der Waals surface area contributed by atoms with Gasteiger partial charge in [0.15, 0.2) is 5.66 Å². The molecule has 1 aromatic carbocycles. The van der Waals surface area contributed by atoms with Crippen molar-refractivity contribution in [3.05, 3.63) is 66.7 Å². The number of rotatable bonds is 5. The van der Waals surface area contributed by atoms with Crippen LogP contribution in [0.5, 0.6) is 0 Å². The van der Waals surface area contributed by atoms with Crippen LogP contribution in [-0.4, -0.2) is 47.2 Å². The van der Waals surface area contributed by atoms with Gasteiger partial charge in [-0.2, -0.15) is 4.98 Å². The van der Waals surface area contributed by atoms with Gasteiger partial charge >= 0.3 is 0 Å². The Bertz CT molecular complexity index is 1360. The maximum absolute atomic E-state index is 12.2. The summed E-state index contributed by atoms with van der Waals surface area (Å²) < 4.78 is 5.43. The van der Waals surface area contributed by atoms with E-state index in [2.05, 4.69) is 36.7 Å². The van der Waals surface area contributed by atoms with Crippen LogP contribution in [0.1, 0.15) is 5.69 Å². The topological polar surface area (TPSA) is 130 Å². The number of pyridine rings is 1. The van der Waals surface area contributed by atoms with Gasteiger partial charge in [-0.3, -0.25) is 9.78 Å². The zero-order chi connectivity index (χ0) is 24.3.